The molecule has 1 aromatic carbocycles. The minimum absolute atomic E-state index is 0.0625. The number of pyridine rings is 1. The van der Waals surface area contributed by atoms with Crippen LogP contribution in [0.3, 0.4) is 0 Å². The Hall–Kier alpha value is -2.10. The lowest BCUT2D eigenvalue weighted by atomic mass is 10.2. The van der Waals surface area contributed by atoms with E-state index in [0.29, 0.717) is 17.7 Å². The number of fused-ring (bicyclic) bond motifs is 1. The largest absolute Gasteiger partial charge is 0.479 e. The fourth-order valence-electron chi connectivity index (χ4n) is 2.20. The molecule has 4 heteroatoms. The van der Waals surface area contributed by atoms with Gasteiger partial charge in [0.15, 0.2) is 6.10 Å². The molecule has 104 valence electrons. The molecule has 4 nitrogen and oxygen atoms in total. The number of ether oxygens (including phenoxy) is 1. The van der Waals surface area contributed by atoms with Crippen LogP contribution < -0.4 is 10.1 Å². The van der Waals surface area contributed by atoms with Crippen molar-refractivity contribution in [1.82, 2.24) is 10.3 Å². The van der Waals surface area contributed by atoms with E-state index in [1.807, 2.05) is 30.3 Å². The van der Waals surface area contributed by atoms with Crippen molar-refractivity contribution in [1.29, 1.82) is 0 Å². The van der Waals surface area contributed by atoms with Crippen LogP contribution in [0.15, 0.2) is 36.5 Å². The Labute approximate surface area is 118 Å². The molecule has 0 bridgehead atoms. The van der Waals surface area contributed by atoms with Gasteiger partial charge in [-0.2, -0.15) is 0 Å². The summed E-state index contributed by atoms with van der Waals surface area (Å²) in [7, 11) is 0. The van der Waals surface area contributed by atoms with E-state index in [1.165, 1.54) is 0 Å². The molecule has 0 radical (unpaired) electrons. The highest BCUT2D eigenvalue weighted by Gasteiger charge is 2.35. The smallest absolute Gasteiger partial charge is 0.261 e. The van der Waals surface area contributed by atoms with Crippen molar-refractivity contribution in [2.75, 3.05) is 0 Å². The number of hydrogen-bond acceptors (Lipinski definition) is 3. The van der Waals surface area contributed by atoms with Crippen LogP contribution in [0.25, 0.3) is 10.9 Å². The number of rotatable bonds is 4. The average Bonchev–Trinajstić information content (AvgIpc) is 3.14. The molecule has 1 fully saturated rings. The van der Waals surface area contributed by atoms with Gasteiger partial charge in [0.25, 0.3) is 5.91 Å². The van der Waals surface area contributed by atoms with E-state index in [2.05, 4.69) is 17.2 Å². The summed E-state index contributed by atoms with van der Waals surface area (Å²) in [6, 6.07) is 10.1. The van der Waals surface area contributed by atoms with Gasteiger partial charge in [-0.25, -0.2) is 0 Å². The van der Waals surface area contributed by atoms with Crippen molar-refractivity contribution in [3.05, 3.63) is 36.5 Å². The SMILES string of the molecule is C[C@H](Oc1cnc2ccccc2c1)C(=O)N[C@H]1C[C@@H]1C. The van der Waals surface area contributed by atoms with Crippen LogP contribution in [0.4, 0.5) is 0 Å². The summed E-state index contributed by atoms with van der Waals surface area (Å²) < 4.78 is 5.67. The number of para-hydroxylation sites is 1. The zero-order valence-electron chi connectivity index (χ0n) is 11.7. The monoisotopic (exact) mass is 270 g/mol. The maximum Gasteiger partial charge on any atom is 0.261 e. The van der Waals surface area contributed by atoms with Crippen molar-refractivity contribution in [2.24, 2.45) is 5.92 Å². The van der Waals surface area contributed by atoms with E-state index in [-0.39, 0.29) is 5.91 Å². The first-order chi connectivity index (χ1) is 9.63. The minimum Gasteiger partial charge on any atom is -0.479 e. The van der Waals surface area contributed by atoms with Crippen LogP contribution >= 0.6 is 0 Å². The molecule has 1 heterocycles. The number of amides is 1. The van der Waals surface area contributed by atoms with Gasteiger partial charge in [0.1, 0.15) is 5.75 Å². The summed E-state index contributed by atoms with van der Waals surface area (Å²) in [6.07, 6.45) is 2.22. The van der Waals surface area contributed by atoms with E-state index < -0.39 is 6.10 Å². The van der Waals surface area contributed by atoms with Gasteiger partial charge >= 0.3 is 0 Å². The van der Waals surface area contributed by atoms with E-state index in [1.54, 1.807) is 13.1 Å². The Balaban J connectivity index is 1.67. The fourth-order valence-corrected chi connectivity index (χ4v) is 2.20. The maximum atomic E-state index is 12.0. The molecular formula is C16H18N2O2. The molecular weight excluding hydrogens is 252 g/mol. The van der Waals surface area contributed by atoms with Gasteiger partial charge in [0.2, 0.25) is 0 Å². The Morgan fingerprint density at radius 3 is 2.95 bits per heavy atom. The standard InChI is InChI=1S/C16H18N2O2/c1-10-7-15(10)18-16(19)11(2)20-13-8-12-5-3-4-6-14(12)17-9-13/h3-6,8-11,15H,7H2,1-2H3,(H,18,19)/t10-,11-,15-/m0/s1. The van der Waals surface area contributed by atoms with Gasteiger partial charge in [-0.3, -0.25) is 9.78 Å². The molecule has 20 heavy (non-hydrogen) atoms. The summed E-state index contributed by atoms with van der Waals surface area (Å²) in [5, 5.41) is 3.98. The number of hydrogen-bond donors (Lipinski definition) is 1. The quantitative estimate of drug-likeness (QED) is 0.928. The maximum absolute atomic E-state index is 12.0. The molecule has 1 aromatic heterocycles. The van der Waals surface area contributed by atoms with Crippen LogP contribution in [0.5, 0.6) is 5.75 Å². The Morgan fingerprint density at radius 2 is 2.20 bits per heavy atom. The minimum atomic E-state index is -0.509. The van der Waals surface area contributed by atoms with Crippen LogP contribution in [-0.2, 0) is 4.79 Å². The zero-order chi connectivity index (χ0) is 14.1. The first-order valence-electron chi connectivity index (χ1n) is 6.95. The van der Waals surface area contributed by atoms with Gasteiger partial charge in [-0.05, 0) is 31.4 Å². The fraction of sp³-hybridized carbons (Fsp3) is 0.375. The molecule has 1 amide bonds. The number of aromatic nitrogens is 1. The van der Waals surface area contributed by atoms with Gasteiger partial charge in [0, 0.05) is 11.4 Å². The van der Waals surface area contributed by atoms with Crippen molar-refractivity contribution in [2.45, 2.75) is 32.4 Å². The average molecular weight is 270 g/mol. The van der Waals surface area contributed by atoms with Crippen molar-refractivity contribution < 1.29 is 9.53 Å². The predicted octanol–water partition coefficient (Wildman–Crippen LogP) is 2.53. The number of benzene rings is 1. The first kappa shape index (κ1) is 12.9. The van der Waals surface area contributed by atoms with Gasteiger partial charge in [-0.15, -0.1) is 0 Å². The third-order valence-electron chi connectivity index (χ3n) is 3.68. The summed E-state index contributed by atoms with van der Waals surface area (Å²) in [5.74, 6) is 1.15. The highest BCUT2D eigenvalue weighted by Crippen LogP contribution is 2.29. The summed E-state index contributed by atoms with van der Waals surface area (Å²) in [6.45, 7) is 3.89. The Kier molecular flexibility index (Phi) is 3.30. The third kappa shape index (κ3) is 2.74. The molecule has 0 unspecified atom stereocenters. The van der Waals surface area contributed by atoms with E-state index in [0.717, 1.165) is 17.3 Å². The molecule has 0 aliphatic heterocycles. The highest BCUT2D eigenvalue weighted by atomic mass is 16.5. The van der Waals surface area contributed by atoms with Gasteiger partial charge < -0.3 is 10.1 Å². The predicted molar refractivity (Wildman–Crippen MR) is 77.5 cm³/mol. The lowest BCUT2D eigenvalue weighted by Crippen LogP contribution is -2.38. The van der Waals surface area contributed by atoms with Crippen molar-refractivity contribution >= 4 is 16.8 Å². The number of nitrogens with one attached hydrogen (secondary N) is 1. The van der Waals surface area contributed by atoms with E-state index in [4.69, 9.17) is 4.74 Å². The molecule has 1 aliphatic carbocycles. The number of carbonyl (C=O) groups is 1. The second-order valence-corrected chi connectivity index (χ2v) is 5.45. The Morgan fingerprint density at radius 1 is 1.45 bits per heavy atom. The Bertz CT molecular complexity index is 641. The number of nitrogens with zero attached hydrogens (tertiary/aromatic N) is 1. The normalized spacial score (nSPS) is 22.3. The van der Waals surface area contributed by atoms with Crippen LogP contribution in [-0.4, -0.2) is 23.0 Å². The first-order valence-corrected chi connectivity index (χ1v) is 6.95. The molecule has 3 rings (SSSR count). The summed E-state index contributed by atoms with van der Waals surface area (Å²) >= 11 is 0. The molecule has 1 saturated carbocycles. The lowest BCUT2D eigenvalue weighted by molar-refractivity contribution is -0.127. The van der Waals surface area contributed by atoms with Crippen LogP contribution in [0.1, 0.15) is 20.3 Å². The van der Waals surface area contributed by atoms with E-state index in [9.17, 15) is 4.79 Å². The molecule has 0 spiro atoms. The molecule has 1 aliphatic rings. The van der Waals surface area contributed by atoms with Crippen LogP contribution in [0, 0.1) is 5.92 Å². The topological polar surface area (TPSA) is 51.2 Å². The van der Waals surface area contributed by atoms with Gasteiger partial charge in [0.05, 0.1) is 11.7 Å². The molecule has 2 aromatic rings. The van der Waals surface area contributed by atoms with E-state index >= 15 is 0 Å². The molecule has 3 atom stereocenters. The van der Waals surface area contributed by atoms with Crippen molar-refractivity contribution in [3.63, 3.8) is 0 Å². The summed E-state index contributed by atoms with van der Waals surface area (Å²) in [5.41, 5.74) is 0.920. The second-order valence-electron chi connectivity index (χ2n) is 5.45. The third-order valence-corrected chi connectivity index (χ3v) is 3.68. The lowest BCUT2D eigenvalue weighted by Gasteiger charge is -2.14. The highest BCUT2D eigenvalue weighted by molar-refractivity contribution is 5.82. The zero-order valence-corrected chi connectivity index (χ0v) is 11.7. The second kappa shape index (κ2) is 5.12. The van der Waals surface area contributed by atoms with Crippen LogP contribution in [0.2, 0.25) is 0 Å². The number of carbonyl (C=O) groups excluding carboxylic acids is 1. The summed E-state index contributed by atoms with van der Waals surface area (Å²) in [4.78, 5) is 16.3. The molecule has 0 saturated heterocycles. The molecule has 1 N–H and O–H groups in total. The van der Waals surface area contributed by atoms with Crippen molar-refractivity contribution in [3.8, 4) is 5.75 Å². The van der Waals surface area contributed by atoms with Gasteiger partial charge in [-0.1, -0.05) is 25.1 Å².